The van der Waals surface area contributed by atoms with E-state index in [2.05, 4.69) is 54.9 Å². The molecule has 1 aromatic heterocycles. The Morgan fingerprint density at radius 3 is 2.22 bits per heavy atom. The minimum atomic E-state index is -0.416. The van der Waals surface area contributed by atoms with Crippen LogP contribution in [0, 0.1) is 20.8 Å². The normalized spacial score (nSPS) is 12.7. The van der Waals surface area contributed by atoms with Gasteiger partial charge in [-0.2, -0.15) is 0 Å². The summed E-state index contributed by atoms with van der Waals surface area (Å²) in [4.78, 5) is 2.24. The van der Waals surface area contributed by atoms with Gasteiger partial charge in [0.15, 0.2) is 0 Å². The Bertz CT molecular complexity index is 520. The molecule has 0 saturated heterocycles. The van der Waals surface area contributed by atoms with Crippen molar-refractivity contribution in [3.05, 3.63) is 55.2 Å². The van der Waals surface area contributed by atoms with Gasteiger partial charge in [0.05, 0.1) is 6.10 Å². The molecule has 1 atom stereocenters. The number of rotatable bonds is 3. The first-order valence-electron chi connectivity index (χ1n) is 5.97. The van der Waals surface area contributed by atoms with E-state index in [1.54, 1.807) is 11.3 Å². The van der Waals surface area contributed by atoms with Crippen LogP contribution in [0.25, 0.3) is 0 Å². The molecule has 3 heteroatoms. The SMILES string of the molecule is Cc1cc(C)cc(CC(O)c2cc(Br)c(C)s2)c1. The average Bonchev–Trinajstić information content (AvgIpc) is 2.57. The molecule has 2 rings (SSSR count). The minimum Gasteiger partial charge on any atom is -0.387 e. The van der Waals surface area contributed by atoms with E-state index in [9.17, 15) is 5.11 Å². The van der Waals surface area contributed by atoms with Crippen LogP contribution in [-0.4, -0.2) is 5.11 Å². The highest BCUT2D eigenvalue weighted by molar-refractivity contribution is 9.10. The van der Waals surface area contributed by atoms with Crippen molar-refractivity contribution >= 4 is 27.3 Å². The zero-order valence-electron chi connectivity index (χ0n) is 10.8. The molecule has 18 heavy (non-hydrogen) atoms. The first-order valence-corrected chi connectivity index (χ1v) is 7.57. The van der Waals surface area contributed by atoms with Gasteiger partial charge in [-0.1, -0.05) is 29.3 Å². The van der Waals surface area contributed by atoms with Crippen molar-refractivity contribution in [2.45, 2.75) is 33.3 Å². The molecule has 0 aliphatic rings. The number of halogens is 1. The van der Waals surface area contributed by atoms with E-state index in [0.29, 0.717) is 6.42 Å². The van der Waals surface area contributed by atoms with Gasteiger partial charge in [0.25, 0.3) is 0 Å². The molecule has 0 radical (unpaired) electrons. The third-order valence-corrected chi connectivity index (χ3v) is 5.15. The standard InChI is InChI=1S/C15H17BrOS/c1-9-4-10(2)6-12(5-9)7-14(17)15-8-13(16)11(3)18-15/h4-6,8,14,17H,7H2,1-3H3. The molecule has 0 saturated carbocycles. The Balaban J connectivity index is 2.18. The van der Waals surface area contributed by atoms with Gasteiger partial charge in [-0.3, -0.25) is 0 Å². The fourth-order valence-electron chi connectivity index (χ4n) is 2.16. The van der Waals surface area contributed by atoms with E-state index >= 15 is 0 Å². The lowest BCUT2D eigenvalue weighted by molar-refractivity contribution is 0.182. The van der Waals surface area contributed by atoms with Crippen LogP contribution in [0.4, 0.5) is 0 Å². The highest BCUT2D eigenvalue weighted by Crippen LogP contribution is 2.32. The molecule has 1 nitrogen and oxygen atoms in total. The summed E-state index contributed by atoms with van der Waals surface area (Å²) in [5.74, 6) is 0. The van der Waals surface area contributed by atoms with Gasteiger partial charge in [0.2, 0.25) is 0 Å². The van der Waals surface area contributed by atoms with Crippen molar-refractivity contribution < 1.29 is 5.11 Å². The molecule has 0 aliphatic heterocycles. The summed E-state index contributed by atoms with van der Waals surface area (Å²) in [7, 11) is 0. The van der Waals surface area contributed by atoms with Crippen LogP contribution in [0.2, 0.25) is 0 Å². The molecule has 0 spiro atoms. The zero-order valence-corrected chi connectivity index (χ0v) is 13.2. The molecule has 0 bridgehead atoms. The average molecular weight is 325 g/mol. The third kappa shape index (κ3) is 3.22. The van der Waals surface area contributed by atoms with Gasteiger partial charge in [0.1, 0.15) is 0 Å². The van der Waals surface area contributed by atoms with Crippen molar-refractivity contribution in [3.8, 4) is 0 Å². The number of benzene rings is 1. The summed E-state index contributed by atoms with van der Waals surface area (Å²) < 4.78 is 1.09. The van der Waals surface area contributed by atoms with Crippen LogP contribution in [0.1, 0.15) is 32.5 Å². The maximum Gasteiger partial charge on any atom is 0.0922 e. The largest absolute Gasteiger partial charge is 0.387 e. The Labute approximate surface area is 121 Å². The van der Waals surface area contributed by atoms with Crippen molar-refractivity contribution in [2.75, 3.05) is 0 Å². The van der Waals surface area contributed by atoms with Crippen molar-refractivity contribution in [2.24, 2.45) is 0 Å². The summed E-state index contributed by atoms with van der Waals surface area (Å²) in [6.07, 6.45) is 0.260. The second-order valence-corrected chi connectivity index (χ2v) is 6.91. The molecule has 1 unspecified atom stereocenters. The monoisotopic (exact) mass is 324 g/mol. The van der Waals surface area contributed by atoms with E-state index in [1.807, 2.05) is 6.07 Å². The maximum absolute atomic E-state index is 10.3. The van der Waals surface area contributed by atoms with Gasteiger partial charge in [-0.25, -0.2) is 0 Å². The molecular formula is C15H17BrOS. The van der Waals surface area contributed by atoms with Gasteiger partial charge < -0.3 is 5.11 Å². The number of aliphatic hydroxyl groups excluding tert-OH is 1. The third-order valence-electron chi connectivity index (χ3n) is 2.92. The number of aliphatic hydroxyl groups is 1. The van der Waals surface area contributed by atoms with Crippen LogP contribution < -0.4 is 0 Å². The summed E-state index contributed by atoms with van der Waals surface area (Å²) >= 11 is 5.15. The predicted molar refractivity (Wildman–Crippen MR) is 81.3 cm³/mol. The number of hydrogen-bond acceptors (Lipinski definition) is 2. The molecular weight excluding hydrogens is 308 g/mol. The van der Waals surface area contributed by atoms with E-state index in [0.717, 1.165) is 9.35 Å². The highest BCUT2D eigenvalue weighted by Gasteiger charge is 2.13. The van der Waals surface area contributed by atoms with Gasteiger partial charge in [-0.15, -0.1) is 11.3 Å². The second-order valence-electron chi connectivity index (χ2n) is 4.77. The Morgan fingerprint density at radius 2 is 1.72 bits per heavy atom. The molecule has 1 aromatic carbocycles. The molecule has 0 amide bonds. The molecule has 0 aliphatic carbocycles. The molecule has 2 aromatic rings. The lowest BCUT2D eigenvalue weighted by Gasteiger charge is -2.10. The lowest BCUT2D eigenvalue weighted by Crippen LogP contribution is -2.00. The predicted octanol–water partition coefficient (Wildman–Crippen LogP) is 4.71. The van der Waals surface area contributed by atoms with Gasteiger partial charge in [0, 0.05) is 20.6 Å². The van der Waals surface area contributed by atoms with Crippen LogP contribution in [0.5, 0.6) is 0 Å². The van der Waals surface area contributed by atoms with E-state index in [4.69, 9.17) is 0 Å². The van der Waals surface area contributed by atoms with Crippen LogP contribution in [0.15, 0.2) is 28.7 Å². The van der Waals surface area contributed by atoms with Crippen LogP contribution >= 0.6 is 27.3 Å². The summed E-state index contributed by atoms with van der Waals surface area (Å²) in [6, 6.07) is 8.46. The van der Waals surface area contributed by atoms with Gasteiger partial charge >= 0.3 is 0 Å². The van der Waals surface area contributed by atoms with E-state index in [-0.39, 0.29) is 0 Å². The molecule has 1 heterocycles. The fourth-order valence-corrected chi connectivity index (χ4v) is 3.70. The van der Waals surface area contributed by atoms with Crippen molar-refractivity contribution in [1.29, 1.82) is 0 Å². The maximum atomic E-state index is 10.3. The van der Waals surface area contributed by atoms with Crippen LogP contribution in [-0.2, 0) is 6.42 Å². The summed E-state index contributed by atoms with van der Waals surface area (Å²) in [6.45, 7) is 6.24. The van der Waals surface area contributed by atoms with E-state index < -0.39 is 6.10 Å². The van der Waals surface area contributed by atoms with Crippen molar-refractivity contribution in [1.82, 2.24) is 0 Å². The molecule has 1 N–H and O–H groups in total. The zero-order chi connectivity index (χ0) is 13.3. The number of hydrogen-bond donors (Lipinski definition) is 1. The fraction of sp³-hybridized carbons (Fsp3) is 0.333. The van der Waals surface area contributed by atoms with Gasteiger partial charge in [-0.05, 0) is 48.3 Å². The second kappa shape index (κ2) is 5.55. The summed E-state index contributed by atoms with van der Waals surface area (Å²) in [5, 5.41) is 10.3. The van der Waals surface area contributed by atoms with Crippen LogP contribution in [0.3, 0.4) is 0 Å². The number of thiophene rings is 1. The van der Waals surface area contributed by atoms with Crippen molar-refractivity contribution in [3.63, 3.8) is 0 Å². The highest BCUT2D eigenvalue weighted by atomic mass is 79.9. The Kier molecular flexibility index (Phi) is 4.25. The molecule has 96 valence electrons. The smallest absolute Gasteiger partial charge is 0.0922 e. The van der Waals surface area contributed by atoms with E-state index in [1.165, 1.54) is 21.6 Å². The quantitative estimate of drug-likeness (QED) is 0.866. The first kappa shape index (κ1) is 13.8. The first-order chi connectivity index (χ1) is 8.45. The Morgan fingerprint density at radius 1 is 1.11 bits per heavy atom. The Hall–Kier alpha value is -0.640. The lowest BCUT2D eigenvalue weighted by atomic mass is 10.0. The minimum absolute atomic E-state index is 0.416. The topological polar surface area (TPSA) is 20.2 Å². The molecule has 0 fully saturated rings. The number of aryl methyl sites for hydroxylation is 3. The summed E-state index contributed by atoms with van der Waals surface area (Å²) in [5.41, 5.74) is 3.70.